The fourth-order valence-electron chi connectivity index (χ4n) is 3.21. The molecule has 5 heteroatoms. The minimum atomic E-state index is 0.0380. The maximum atomic E-state index is 12.1. The number of amides is 1. The van der Waals surface area contributed by atoms with Gasteiger partial charge < -0.3 is 9.64 Å². The first-order valence-electron chi connectivity index (χ1n) is 7.82. The molecule has 0 bridgehead atoms. The molecule has 0 unspecified atom stereocenters. The van der Waals surface area contributed by atoms with Crippen LogP contribution in [0, 0.1) is 0 Å². The van der Waals surface area contributed by atoms with Crippen molar-refractivity contribution in [2.24, 2.45) is 0 Å². The van der Waals surface area contributed by atoms with Crippen LogP contribution in [0.5, 0.6) is 5.75 Å². The van der Waals surface area contributed by atoms with E-state index in [4.69, 9.17) is 4.74 Å². The topological polar surface area (TPSA) is 32.8 Å². The number of para-hydroxylation sites is 1. The molecule has 0 N–H and O–H groups in total. The molecule has 4 nitrogen and oxygen atoms in total. The average molecular weight is 330 g/mol. The Morgan fingerprint density at radius 3 is 2.83 bits per heavy atom. The van der Waals surface area contributed by atoms with Crippen molar-refractivity contribution in [1.82, 2.24) is 9.80 Å². The van der Waals surface area contributed by atoms with Gasteiger partial charge in [0.1, 0.15) is 5.75 Å². The molecule has 3 rings (SSSR count). The molecule has 23 heavy (non-hydrogen) atoms. The molecule has 1 fully saturated rings. The number of piperazine rings is 1. The molecule has 1 aliphatic rings. The highest BCUT2D eigenvalue weighted by Gasteiger charge is 2.31. The smallest absolute Gasteiger partial charge is 0.220 e. The summed E-state index contributed by atoms with van der Waals surface area (Å²) in [5.74, 6) is 0.970. The lowest BCUT2D eigenvalue weighted by Crippen LogP contribution is -2.49. The molecular weight excluding hydrogens is 308 g/mol. The summed E-state index contributed by atoms with van der Waals surface area (Å²) in [5.41, 5.74) is 2.42. The lowest BCUT2D eigenvalue weighted by Gasteiger charge is -2.41. The van der Waals surface area contributed by atoms with Gasteiger partial charge in [-0.1, -0.05) is 18.2 Å². The van der Waals surface area contributed by atoms with E-state index in [0.29, 0.717) is 0 Å². The maximum absolute atomic E-state index is 12.1. The molecular formula is C18H22N2O2S. The van der Waals surface area contributed by atoms with Crippen LogP contribution >= 0.6 is 11.3 Å². The first-order valence-corrected chi connectivity index (χ1v) is 8.77. The van der Waals surface area contributed by atoms with E-state index in [-0.39, 0.29) is 11.9 Å². The first kappa shape index (κ1) is 16.0. The van der Waals surface area contributed by atoms with Crippen LogP contribution in [0.15, 0.2) is 41.1 Å². The summed E-state index contributed by atoms with van der Waals surface area (Å²) in [6, 6.07) is 10.2. The van der Waals surface area contributed by atoms with Gasteiger partial charge in [-0.3, -0.25) is 9.69 Å². The monoisotopic (exact) mass is 330 g/mol. The number of rotatable bonds is 4. The molecule has 0 saturated carbocycles. The fourth-order valence-corrected chi connectivity index (χ4v) is 3.87. The Morgan fingerprint density at radius 2 is 2.13 bits per heavy atom. The molecule has 1 aromatic heterocycles. The third-order valence-electron chi connectivity index (χ3n) is 4.35. The Balaban J connectivity index is 1.84. The van der Waals surface area contributed by atoms with E-state index in [0.717, 1.165) is 37.5 Å². The van der Waals surface area contributed by atoms with Gasteiger partial charge in [0.2, 0.25) is 5.91 Å². The van der Waals surface area contributed by atoms with E-state index < -0.39 is 0 Å². The highest BCUT2D eigenvalue weighted by atomic mass is 32.1. The lowest BCUT2D eigenvalue weighted by atomic mass is 10.0. The van der Waals surface area contributed by atoms with E-state index in [9.17, 15) is 4.79 Å². The van der Waals surface area contributed by atoms with Gasteiger partial charge in [-0.25, -0.2) is 0 Å². The Morgan fingerprint density at radius 1 is 1.30 bits per heavy atom. The second-order valence-electron chi connectivity index (χ2n) is 5.84. The number of benzene rings is 1. The molecule has 0 aliphatic carbocycles. The Bertz CT molecular complexity index is 657. The average Bonchev–Trinajstić information content (AvgIpc) is 3.07. The number of thiophene rings is 1. The third-order valence-corrected chi connectivity index (χ3v) is 5.09. The van der Waals surface area contributed by atoms with Crippen molar-refractivity contribution in [3.05, 3.63) is 52.2 Å². The van der Waals surface area contributed by atoms with Crippen LogP contribution in [-0.4, -0.2) is 42.5 Å². The number of nitrogens with zero attached hydrogens (tertiary/aromatic N) is 2. The number of hydrogen-bond acceptors (Lipinski definition) is 4. The quantitative estimate of drug-likeness (QED) is 0.863. The van der Waals surface area contributed by atoms with Gasteiger partial charge in [0.25, 0.3) is 0 Å². The van der Waals surface area contributed by atoms with Crippen molar-refractivity contribution in [2.45, 2.75) is 19.5 Å². The standard InChI is InChI=1S/C18H22N2O2S/c1-14(21)20-9-8-19(11-15-7-10-23-13-15)12-17(20)16-5-3-4-6-18(16)22-2/h3-7,10,13,17H,8-9,11-12H2,1-2H3/t17-/m0/s1. The SMILES string of the molecule is COc1ccccc1[C@@H]1CN(Cc2ccsc2)CCN1C(C)=O. The van der Waals surface area contributed by atoms with Crippen LogP contribution in [0.4, 0.5) is 0 Å². The fraction of sp³-hybridized carbons (Fsp3) is 0.389. The van der Waals surface area contributed by atoms with Crippen molar-refractivity contribution < 1.29 is 9.53 Å². The van der Waals surface area contributed by atoms with Gasteiger partial charge in [0, 0.05) is 38.7 Å². The molecule has 1 amide bonds. The molecule has 0 radical (unpaired) electrons. The van der Waals surface area contributed by atoms with Gasteiger partial charge >= 0.3 is 0 Å². The number of carbonyl (C=O) groups is 1. The van der Waals surface area contributed by atoms with Crippen LogP contribution < -0.4 is 4.74 Å². The van der Waals surface area contributed by atoms with Crippen molar-refractivity contribution in [3.63, 3.8) is 0 Å². The number of methoxy groups -OCH3 is 1. The molecule has 1 atom stereocenters. The highest BCUT2D eigenvalue weighted by Crippen LogP contribution is 2.32. The third kappa shape index (κ3) is 3.57. The van der Waals surface area contributed by atoms with Crippen molar-refractivity contribution in [2.75, 3.05) is 26.7 Å². The minimum Gasteiger partial charge on any atom is -0.496 e. The van der Waals surface area contributed by atoms with E-state index in [1.807, 2.05) is 23.1 Å². The summed E-state index contributed by atoms with van der Waals surface area (Å²) < 4.78 is 5.51. The zero-order valence-electron chi connectivity index (χ0n) is 13.6. The summed E-state index contributed by atoms with van der Waals surface area (Å²) in [5, 5.41) is 4.30. The predicted molar refractivity (Wildman–Crippen MR) is 92.7 cm³/mol. The summed E-state index contributed by atoms with van der Waals surface area (Å²) in [4.78, 5) is 16.4. The Labute approximate surface area is 141 Å². The molecule has 2 heterocycles. The molecule has 1 aromatic carbocycles. The van der Waals surface area contributed by atoms with E-state index >= 15 is 0 Å². The predicted octanol–water partition coefficient (Wildman–Crippen LogP) is 3.16. The number of carbonyl (C=O) groups excluding carboxylic acids is 1. The second-order valence-corrected chi connectivity index (χ2v) is 6.62. The van der Waals surface area contributed by atoms with Crippen LogP contribution in [0.25, 0.3) is 0 Å². The minimum absolute atomic E-state index is 0.0380. The van der Waals surface area contributed by atoms with E-state index in [2.05, 4.69) is 27.8 Å². The van der Waals surface area contributed by atoms with Crippen molar-refractivity contribution in [1.29, 1.82) is 0 Å². The van der Waals surface area contributed by atoms with Gasteiger partial charge in [0.15, 0.2) is 0 Å². The van der Waals surface area contributed by atoms with Gasteiger partial charge in [-0.05, 0) is 28.5 Å². The zero-order valence-corrected chi connectivity index (χ0v) is 14.4. The van der Waals surface area contributed by atoms with Gasteiger partial charge in [-0.2, -0.15) is 11.3 Å². The normalized spacial score (nSPS) is 18.9. The van der Waals surface area contributed by atoms with E-state index in [1.165, 1.54) is 5.56 Å². The summed E-state index contributed by atoms with van der Waals surface area (Å²) in [6.45, 7) is 5.07. The highest BCUT2D eigenvalue weighted by molar-refractivity contribution is 7.07. The van der Waals surface area contributed by atoms with Gasteiger partial charge in [0.05, 0.1) is 13.2 Å². The molecule has 1 aliphatic heterocycles. The largest absolute Gasteiger partial charge is 0.496 e. The van der Waals surface area contributed by atoms with E-state index in [1.54, 1.807) is 25.4 Å². The van der Waals surface area contributed by atoms with Gasteiger partial charge in [-0.15, -0.1) is 0 Å². The van der Waals surface area contributed by atoms with Crippen molar-refractivity contribution >= 4 is 17.2 Å². The second kappa shape index (κ2) is 7.15. The Hall–Kier alpha value is -1.85. The summed E-state index contributed by atoms with van der Waals surface area (Å²) in [7, 11) is 1.68. The molecule has 2 aromatic rings. The van der Waals surface area contributed by atoms with Crippen LogP contribution in [0.3, 0.4) is 0 Å². The molecule has 0 spiro atoms. The van der Waals surface area contributed by atoms with Crippen LogP contribution in [0.1, 0.15) is 24.1 Å². The number of hydrogen-bond donors (Lipinski definition) is 0. The zero-order chi connectivity index (χ0) is 16.2. The lowest BCUT2D eigenvalue weighted by molar-refractivity contribution is -0.134. The molecule has 1 saturated heterocycles. The summed E-state index contributed by atoms with van der Waals surface area (Å²) >= 11 is 1.73. The maximum Gasteiger partial charge on any atom is 0.220 e. The molecule has 122 valence electrons. The van der Waals surface area contributed by atoms with Crippen LogP contribution in [-0.2, 0) is 11.3 Å². The Kier molecular flexibility index (Phi) is 4.98. The van der Waals surface area contributed by atoms with Crippen LogP contribution in [0.2, 0.25) is 0 Å². The summed E-state index contributed by atoms with van der Waals surface area (Å²) in [6.07, 6.45) is 0. The number of ether oxygens (including phenoxy) is 1. The van der Waals surface area contributed by atoms with Crippen molar-refractivity contribution in [3.8, 4) is 5.75 Å². The first-order chi connectivity index (χ1) is 11.2.